The number of fused-ring (bicyclic) bond motifs is 1. The van der Waals surface area contributed by atoms with E-state index in [9.17, 15) is 4.79 Å². The molecular formula is C23H25N3O5S. The van der Waals surface area contributed by atoms with E-state index in [1.807, 2.05) is 62.4 Å². The second kappa shape index (κ2) is 10.4. The van der Waals surface area contributed by atoms with Crippen molar-refractivity contribution in [2.45, 2.75) is 31.8 Å². The lowest BCUT2D eigenvalue weighted by Crippen LogP contribution is -2.44. The summed E-state index contributed by atoms with van der Waals surface area (Å²) in [6.45, 7) is 5.53. The number of para-hydroxylation sites is 2. The highest BCUT2D eigenvalue weighted by molar-refractivity contribution is 7.99. The topological polar surface area (TPSA) is 86.9 Å². The van der Waals surface area contributed by atoms with E-state index >= 15 is 0 Å². The molecule has 168 valence electrons. The molecule has 8 nitrogen and oxygen atoms in total. The molecular weight excluding hydrogens is 430 g/mol. The van der Waals surface area contributed by atoms with Gasteiger partial charge in [0.25, 0.3) is 11.1 Å². The van der Waals surface area contributed by atoms with Gasteiger partial charge >= 0.3 is 0 Å². The molecule has 0 saturated heterocycles. The lowest BCUT2D eigenvalue weighted by Gasteiger charge is -2.30. The standard InChI is InChI=1S/C23H25N3O5S/c1-3-26(12-18-13-29-19-9-4-5-10-20(19)30-18)22(27)15-32-23-25-24-21(31-23)14-28-17-8-6-7-16(2)11-17/h4-11,18H,3,12-15H2,1-2H3. The zero-order valence-electron chi connectivity index (χ0n) is 18.0. The summed E-state index contributed by atoms with van der Waals surface area (Å²) >= 11 is 1.21. The van der Waals surface area contributed by atoms with Crippen molar-refractivity contribution in [3.05, 3.63) is 60.0 Å². The molecule has 0 fully saturated rings. The van der Waals surface area contributed by atoms with Crippen LogP contribution >= 0.6 is 11.8 Å². The molecule has 2 heterocycles. The SMILES string of the molecule is CCN(CC1COc2ccccc2O1)C(=O)CSc1nnc(COc2cccc(C)c2)o1. The van der Waals surface area contributed by atoms with Crippen LogP contribution < -0.4 is 14.2 Å². The summed E-state index contributed by atoms with van der Waals surface area (Å²) in [6.07, 6.45) is -0.215. The quantitative estimate of drug-likeness (QED) is 0.451. The molecule has 0 saturated carbocycles. The van der Waals surface area contributed by atoms with Gasteiger partial charge in [0.2, 0.25) is 5.91 Å². The predicted octanol–water partition coefficient (Wildman–Crippen LogP) is 3.74. The van der Waals surface area contributed by atoms with Crippen molar-refractivity contribution >= 4 is 17.7 Å². The fourth-order valence-electron chi connectivity index (χ4n) is 3.23. The lowest BCUT2D eigenvalue weighted by molar-refractivity contribution is -0.129. The Hall–Kier alpha value is -3.20. The van der Waals surface area contributed by atoms with Crippen LogP contribution in [-0.4, -0.2) is 52.6 Å². The Balaban J connectivity index is 1.24. The van der Waals surface area contributed by atoms with Crippen molar-refractivity contribution in [1.82, 2.24) is 15.1 Å². The molecule has 32 heavy (non-hydrogen) atoms. The molecule has 0 spiro atoms. The minimum Gasteiger partial charge on any atom is -0.486 e. The summed E-state index contributed by atoms with van der Waals surface area (Å²) in [7, 11) is 0. The Morgan fingerprint density at radius 2 is 2.03 bits per heavy atom. The number of carbonyl (C=O) groups excluding carboxylic acids is 1. The first kappa shape index (κ1) is 22.0. The third-order valence-electron chi connectivity index (χ3n) is 4.85. The lowest BCUT2D eigenvalue weighted by atomic mass is 10.2. The molecule has 0 N–H and O–H groups in total. The maximum absolute atomic E-state index is 12.7. The average molecular weight is 456 g/mol. The van der Waals surface area contributed by atoms with Gasteiger partial charge in [-0.15, -0.1) is 10.2 Å². The fourth-order valence-corrected chi connectivity index (χ4v) is 3.91. The maximum atomic E-state index is 12.7. The number of hydrogen-bond acceptors (Lipinski definition) is 8. The zero-order chi connectivity index (χ0) is 22.3. The first-order valence-electron chi connectivity index (χ1n) is 10.4. The summed E-state index contributed by atoms with van der Waals surface area (Å²) in [6, 6.07) is 15.3. The number of aromatic nitrogens is 2. The van der Waals surface area contributed by atoms with E-state index in [2.05, 4.69) is 10.2 Å². The smallest absolute Gasteiger partial charge is 0.277 e. The second-order valence-electron chi connectivity index (χ2n) is 7.29. The molecule has 1 aliphatic rings. The minimum atomic E-state index is -0.215. The van der Waals surface area contributed by atoms with Crippen molar-refractivity contribution in [3.63, 3.8) is 0 Å². The van der Waals surface area contributed by atoms with Crippen LogP contribution in [0.25, 0.3) is 0 Å². The molecule has 1 aromatic heterocycles. The van der Waals surface area contributed by atoms with Crippen molar-refractivity contribution in [2.24, 2.45) is 0 Å². The monoisotopic (exact) mass is 455 g/mol. The first-order valence-corrected chi connectivity index (χ1v) is 11.4. The molecule has 3 aromatic rings. The predicted molar refractivity (Wildman–Crippen MR) is 119 cm³/mol. The third kappa shape index (κ3) is 5.73. The van der Waals surface area contributed by atoms with Gasteiger partial charge in [-0.1, -0.05) is 36.0 Å². The molecule has 1 atom stereocenters. The van der Waals surface area contributed by atoms with Crippen molar-refractivity contribution in [2.75, 3.05) is 25.4 Å². The summed E-state index contributed by atoms with van der Waals surface area (Å²) in [5, 5.41) is 8.32. The molecule has 1 amide bonds. The number of aryl methyl sites for hydroxylation is 1. The van der Waals surface area contributed by atoms with E-state index in [4.69, 9.17) is 18.6 Å². The second-order valence-corrected chi connectivity index (χ2v) is 8.21. The van der Waals surface area contributed by atoms with E-state index < -0.39 is 0 Å². The number of rotatable bonds is 9. The van der Waals surface area contributed by atoms with Crippen LogP contribution in [0.2, 0.25) is 0 Å². The van der Waals surface area contributed by atoms with Crippen LogP contribution in [0.5, 0.6) is 17.2 Å². The highest BCUT2D eigenvalue weighted by atomic mass is 32.2. The molecule has 0 bridgehead atoms. The van der Waals surface area contributed by atoms with E-state index in [-0.39, 0.29) is 24.4 Å². The van der Waals surface area contributed by atoms with Gasteiger partial charge in [0.05, 0.1) is 12.3 Å². The van der Waals surface area contributed by atoms with Crippen molar-refractivity contribution < 1.29 is 23.4 Å². The number of carbonyl (C=O) groups is 1. The molecule has 1 aliphatic heterocycles. The van der Waals surface area contributed by atoms with Gasteiger partial charge in [0.1, 0.15) is 12.4 Å². The summed E-state index contributed by atoms with van der Waals surface area (Å²) in [5.41, 5.74) is 1.11. The highest BCUT2D eigenvalue weighted by Gasteiger charge is 2.25. The van der Waals surface area contributed by atoms with Crippen LogP contribution in [0.15, 0.2) is 58.2 Å². The van der Waals surface area contributed by atoms with E-state index in [1.54, 1.807) is 4.90 Å². The Kier molecular flexibility index (Phi) is 7.16. The number of thioether (sulfide) groups is 1. The number of hydrogen-bond donors (Lipinski definition) is 0. The van der Waals surface area contributed by atoms with Gasteiger partial charge in [0.15, 0.2) is 24.2 Å². The van der Waals surface area contributed by atoms with Gasteiger partial charge < -0.3 is 23.5 Å². The van der Waals surface area contributed by atoms with Crippen molar-refractivity contribution in [3.8, 4) is 17.2 Å². The van der Waals surface area contributed by atoms with Crippen LogP contribution in [0.1, 0.15) is 18.4 Å². The van der Waals surface area contributed by atoms with E-state index in [0.29, 0.717) is 36.6 Å². The normalized spacial score (nSPS) is 14.8. The largest absolute Gasteiger partial charge is 0.486 e. The molecule has 4 rings (SSSR count). The van der Waals surface area contributed by atoms with Crippen LogP contribution in [0.3, 0.4) is 0 Å². The molecule has 0 radical (unpaired) electrons. The average Bonchev–Trinajstić information content (AvgIpc) is 3.27. The number of nitrogens with zero attached hydrogens (tertiary/aromatic N) is 3. The van der Waals surface area contributed by atoms with Gasteiger partial charge in [0, 0.05) is 6.54 Å². The Morgan fingerprint density at radius 1 is 1.19 bits per heavy atom. The van der Waals surface area contributed by atoms with Gasteiger partial charge in [-0.2, -0.15) is 0 Å². The van der Waals surface area contributed by atoms with E-state index in [1.165, 1.54) is 11.8 Å². The third-order valence-corrected chi connectivity index (χ3v) is 5.65. The summed E-state index contributed by atoms with van der Waals surface area (Å²) < 4.78 is 23.0. The molecule has 0 aliphatic carbocycles. The van der Waals surface area contributed by atoms with Crippen LogP contribution in [0.4, 0.5) is 0 Å². The first-order chi connectivity index (χ1) is 15.6. The highest BCUT2D eigenvalue weighted by Crippen LogP contribution is 2.31. The van der Waals surface area contributed by atoms with Gasteiger partial charge in [-0.25, -0.2) is 0 Å². The summed E-state index contributed by atoms with van der Waals surface area (Å²) in [5.74, 6) is 2.69. The molecule has 1 unspecified atom stereocenters. The Morgan fingerprint density at radius 3 is 2.84 bits per heavy atom. The van der Waals surface area contributed by atoms with Gasteiger partial charge in [-0.05, 0) is 43.7 Å². The van der Waals surface area contributed by atoms with Crippen LogP contribution in [-0.2, 0) is 11.4 Å². The minimum absolute atomic E-state index is 0.0317. The van der Waals surface area contributed by atoms with E-state index in [0.717, 1.165) is 17.1 Å². The molecule has 2 aromatic carbocycles. The number of likely N-dealkylation sites (N-methyl/N-ethyl adjacent to an activating group) is 1. The molecule has 9 heteroatoms. The Labute approximate surface area is 190 Å². The number of ether oxygens (including phenoxy) is 3. The number of amides is 1. The number of benzene rings is 2. The van der Waals surface area contributed by atoms with Crippen LogP contribution in [0, 0.1) is 6.92 Å². The fraction of sp³-hybridized carbons (Fsp3) is 0.348. The van der Waals surface area contributed by atoms with Gasteiger partial charge in [-0.3, -0.25) is 4.79 Å². The van der Waals surface area contributed by atoms with Crippen molar-refractivity contribution in [1.29, 1.82) is 0 Å². The zero-order valence-corrected chi connectivity index (χ0v) is 18.8. The Bertz CT molecular complexity index is 1060. The summed E-state index contributed by atoms with van der Waals surface area (Å²) in [4.78, 5) is 14.5. The maximum Gasteiger partial charge on any atom is 0.277 e.